The summed E-state index contributed by atoms with van der Waals surface area (Å²) < 4.78 is 44.6. The van der Waals surface area contributed by atoms with E-state index in [0.717, 1.165) is 28.1 Å². The summed E-state index contributed by atoms with van der Waals surface area (Å²) in [7, 11) is 0. The molecule has 3 rings (SSSR count). The van der Waals surface area contributed by atoms with Gasteiger partial charge in [-0.3, -0.25) is 0 Å². The van der Waals surface area contributed by atoms with Crippen molar-refractivity contribution < 1.29 is 17.7 Å². The Hall–Kier alpha value is -2.14. The van der Waals surface area contributed by atoms with Crippen molar-refractivity contribution >= 4 is 28.2 Å². The summed E-state index contributed by atoms with van der Waals surface area (Å²) >= 11 is 2.82. The van der Waals surface area contributed by atoms with Crippen LogP contribution in [0.2, 0.25) is 0 Å². The van der Waals surface area contributed by atoms with Crippen molar-refractivity contribution in [1.29, 1.82) is 0 Å². The number of alkyl halides is 3. The number of rotatable bonds is 7. The van der Waals surface area contributed by atoms with E-state index in [1.807, 2.05) is 6.92 Å². The molecule has 0 radical (unpaired) electrons. The average Bonchev–Trinajstić information content (AvgIpc) is 3.29. The Morgan fingerprint density at radius 3 is 2.71 bits per heavy atom. The summed E-state index contributed by atoms with van der Waals surface area (Å²) in [6.45, 7) is 6.86. The van der Waals surface area contributed by atoms with Crippen molar-refractivity contribution in [2.24, 2.45) is 5.92 Å². The summed E-state index contributed by atoms with van der Waals surface area (Å²) in [5, 5.41) is 15.7. The molecule has 0 amide bonds. The lowest BCUT2D eigenvalue weighted by Gasteiger charge is -2.06. The predicted molar refractivity (Wildman–Crippen MR) is 102 cm³/mol. The van der Waals surface area contributed by atoms with E-state index in [2.05, 4.69) is 39.5 Å². The molecular weight excluding hydrogens is 411 g/mol. The first-order valence-corrected chi connectivity index (χ1v) is 10.2. The molecule has 1 aromatic carbocycles. The average molecular weight is 429 g/mol. The fraction of sp³-hybridized carbons (Fsp3) is 0.412. The van der Waals surface area contributed by atoms with Crippen LogP contribution in [0.25, 0.3) is 11.4 Å². The standard InChI is InChI=1S/C17H18F3N5OS2/c1-9(2)8-21-15-23-24-16(28-15)27-10(3)14-22-13(25-26-14)11-5-4-6-12(7-11)17(18,19)20/h4-7,9-10H,8H2,1-3H3,(H,21,23). The molecule has 0 aliphatic heterocycles. The van der Waals surface area contributed by atoms with Crippen LogP contribution >= 0.6 is 23.1 Å². The van der Waals surface area contributed by atoms with Crippen molar-refractivity contribution in [3.63, 3.8) is 0 Å². The molecule has 0 spiro atoms. The molecular formula is C17H18F3N5OS2. The first-order chi connectivity index (χ1) is 13.2. The van der Waals surface area contributed by atoms with Gasteiger partial charge < -0.3 is 9.84 Å². The molecule has 0 saturated carbocycles. The highest BCUT2D eigenvalue weighted by Gasteiger charge is 2.31. The second kappa shape index (κ2) is 8.48. The van der Waals surface area contributed by atoms with Gasteiger partial charge in [0, 0.05) is 12.1 Å². The zero-order valence-electron chi connectivity index (χ0n) is 15.3. The summed E-state index contributed by atoms with van der Waals surface area (Å²) in [6.07, 6.45) is -4.43. The predicted octanol–water partition coefficient (Wildman–Crippen LogP) is 5.53. The molecule has 150 valence electrons. The van der Waals surface area contributed by atoms with Gasteiger partial charge in [-0.1, -0.05) is 54.2 Å². The minimum atomic E-state index is -4.43. The third kappa shape index (κ3) is 5.22. The Morgan fingerprint density at radius 2 is 2.00 bits per heavy atom. The highest BCUT2D eigenvalue weighted by molar-refractivity contribution is 8.01. The maximum Gasteiger partial charge on any atom is 0.416 e. The molecule has 11 heteroatoms. The van der Waals surface area contributed by atoms with Crippen molar-refractivity contribution in [3.05, 3.63) is 35.7 Å². The van der Waals surface area contributed by atoms with Crippen molar-refractivity contribution in [1.82, 2.24) is 20.3 Å². The van der Waals surface area contributed by atoms with Crippen LogP contribution in [0.3, 0.4) is 0 Å². The van der Waals surface area contributed by atoms with E-state index in [1.54, 1.807) is 0 Å². The number of benzene rings is 1. The quantitative estimate of drug-likeness (QED) is 0.495. The smallest absolute Gasteiger partial charge is 0.360 e. The third-order valence-electron chi connectivity index (χ3n) is 3.58. The molecule has 0 bridgehead atoms. The lowest BCUT2D eigenvalue weighted by Crippen LogP contribution is -2.07. The Kier molecular flexibility index (Phi) is 6.23. The first kappa shape index (κ1) is 20.6. The number of thioether (sulfide) groups is 1. The lowest BCUT2D eigenvalue weighted by molar-refractivity contribution is -0.137. The number of aromatic nitrogens is 4. The minimum Gasteiger partial charge on any atom is -0.360 e. The maximum absolute atomic E-state index is 12.9. The van der Waals surface area contributed by atoms with Crippen molar-refractivity contribution in [2.75, 3.05) is 11.9 Å². The highest BCUT2D eigenvalue weighted by atomic mass is 32.2. The second-order valence-electron chi connectivity index (χ2n) is 6.44. The fourth-order valence-corrected chi connectivity index (χ4v) is 4.11. The van der Waals surface area contributed by atoms with E-state index in [9.17, 15) is 13.2 Å². The SMILES string of the molecule is CC(C)CNc1nnc(SC(C)c2nc(-c3cccc(C(F)(F)F)c3)no2)s1. The minimum absolute atomic E-state index is 0.116. The number of halogens is 3. The molecule has 0 fully saturated rings. The second-order valence-corrected chi connectivity index (χ2v) is 9.01. The van der Waals surface area contributed by atoms with Crippen LogP contribution in [-0.2, 0) is 6.18 Å². The van der Waals surface area contributed by atoms with E-state index in [4.69, 9.17) is 4.52 Å². The van der Waals surface area contributed by atoms with Crippen LogP contribution in [-0.4, -0.2) is 26.9 Å². The van der Waals surface area contributed by atoms with E-state index >= 15 is 0 Å². The van der Waals surface area contributed by atoms with E-state index in [-0.39, 0.29) is 16.6 Å². The summed E-state index contributed by atoms with van der Waals surface area (Å²) in [6, 6.07) is 4.84. The van der Waals surface area contributed by atoms with Gasteiger partial charge in [-0.15, -0.1) is 10.2 Å². The Morgan fingerprint density at radius 1 is 1.21 bits per heavy atom. The van der Waals surface area contributed by atoms with Gasteiger partial charge >= 0.3 is 6.18 Å². The molecule has 1 atom stereocenters. The Bertz CT molecular complexity index is 925. The van der Waals surface area contributed by atoms with Gasteiger partial charge in [-0.05, 0) is 25.0 Å². The van der Waals surface area contributed by atoms with Gasteiger partial charge in [-0.2, -0.15) is 18.2 Å². The molecule has 2 aromatic heterocycles. The van der Waals surface area contributed by atoms with Gasteiger partial charge in [0.05, 0.1) is 10.8 Å². The van der Waals surface area contributed by atoms with Crippen molar-refractivity contribution in [3.8, 4) is 11.4 Å². The third-order valence-corrected chi connectivity index (χ3v) is 5.64. The van der Waals surface area contributed by atoms with Crippen LogP contribution in [0.1, 0.15) is 37.5 Å². The molecule has 0 saturated heterocycles. The summed E-state index contributed by atoms with van der Waals surface area (Å²) in [4.78, 5) is 4.24. The zero-order chi connectivity index (χ0) is 20.3. The van der Waals surface area contributed by atoms with Gasteiger partial charge in [-0.25, -0.2) is 0 Å². The number of nitrogens with zero attached hydrogens (tertiary/aromatic N) is 4. The number of hydrogen-bond donors (Lipinski definition) is 1. The molecule has 0 aliphatic carbocycles. The van der Waals surface area contributed by atoms with E-state index in [1.165, 1.54) is 35.2 Å². The molecule has 3 aromatic rings. The largest absolute Gasteiger partial charge is 0.416 e. The van der Waals surface area contributed by atoms with E-state index in [0.29, 0.717) is 11.8 Å². The van der Waals surface area contributed by atoms with E-state index < -0.39 is 11.7 Å². The lowest BCUT2D eigenvalue weighted by atomic mass is 10.1. The normalized spacial score (nSPS) is 13.1. The Balaban J connectivity index is 1.68. The Labute approximate surface area is 168 Å². The van der Waals surface area contributed by atoms with Gasteiger partial charge in [0.25, 0.3) is 0 Å². The molecule has 1 N–H and O–H groups in total. The number of nitrogens with one attached hydrogen (secondary N) is 1. The van der Waals surface area contributed by atoms with Crippen LogP contribution in [0.5, 0.6) is 0 Å². The molecule has 0 aliphatic rings. The summed E-state index contributed by atoms with van der Waals surface area (Å²) in [5.74, 6) is 0.918. The van der Waals surface area contributed by atoms with Gasteiger partial charge in [0.15, 0.2) is 4.34 Å². The first-order valence-electron chi connectivity index (χ1n) is 8.47. The van der Waals surface area contributed by atoms with Crippen LogP contribution in [0.15, 0.2) is 33.1 Å². The van der Waals surface area contributed by atoms with Gasteiger partial charge in [0.2, 0.25) is 16.8 Å². The molecule has 1 unspecified atom stereocenters. The number of anilines is 1. The molecule has 2 heterocycles. The molecule has 28 heavy (non-hydrogen) atoms. The summed E-state index contributed by atoms with van der Waals surface area (Å²) in [5.41, 5.74) is -0.507. The fourth-order valence-electron chi connectivity index (χ4n) is 2.17. The highest BCUT2D eigenvalue weighted by Crippen LogP contribution is 2.37. The maximum atomic E-state index is 12.9. The van der Waals surface area contributed by atoms with Crippen LogP contribution in [0, 0.1) is 5.92 Å². The number of hydrogen-bond acceptors (Lipinski definition) is 8. The molecule has 6 nitrogen and oxygen atoms in total. The topological polar surface area (TPSA) is 76.7 Å². The van der Waals surface area contributed by atoms with Crippen LogP contribution in [0.4, 0.5) is 18.3 Å². The monoisotopic (exact) mass is 429 g/mol. The van der Waals surface area contributed by atoms with Gasteiger partial charge in [0.1, 0.15) is 0 Å². The van der Waals surface area contributed by atoms with Crippen LogP contribution < -0.4 is 5.32 Å². The zero-order valence-corrected chi connectivity index (χ0v) is 17.0. The van der Waals surface area contributed by atoms with Crippen molar-refractivity contribution in [2.45, 2.75) is 36.5 Å².